The van der Waals surface area contributed by atoms with Gasteiger partial charge in [-0.3, -0.25) is 4.79 Å². The third-order valence-electron chi connectivity index (χ3n) is 4.47. The first-order chi connectivity index (χ1) is 8.24. The summed E-state index contributed by atoms with van der Waals surface area (Å²) in [5.41, 5.74) is 0. The molecule has 0 saturated carbocycles. The molecule has 4 nitrogen and oxygen atoms in total. The van der Waals surface area contributed by atoms with Gasteiger partial charge in [0.05, 0.1) is 0 Å². The van der Waals surface area contributed by atoms with E-state index in [9.17, 15) is 4.79 Å². The van der Waals surface area contributed by atoms with Crippen molar-refractivity contribution in [1.82, 2.24) is 9.80 Å². The predicted molar refractivity (Wildman–Crippen MR) is 64.7 cm³/mol. The summed E-state index contributed by atoms with van der Waals surface area (Å²) in [6, 6.07) is 1.01. The van der Waals surface area contributed by atoms with E-state index in [4.69, 9.17) is 4.74 Å². The number of fused-ring (bicyclic) bond motifs is 2. The number of amides is 1. The van der Waals surface area contributed by atoms with Gasteiger partial charge in [0.2, 0.25) is 5.91 Å². The Hall–Kier alpha value is -0.610. The third-order valence-corrected chi connectivity index (χ3v) is 4.47. The molecule has 17 heavy (non-hydrogen) atoms. The molecule has 0 aromatic rings. The van der Waals surface area contributed by atoms with Crippen molar-refractivity contribution in [2.45, 2.75) is 37.8 Å². The van der Waals surface area contributed by atoms with Gasteiger partial charge in [-0.1, -0.05) is 0 Å². The molecule has 4 saturated heterocycles. The van der Waals surface area contributed by atoms with Gasteiger partial charge in [0, 0.05) is 44.8 Å². The minimum Gasteiger partial charge on any atom is -0.381 e. The maximum absolute atomic E-state index is 12.3. The van der Waals surface area contributed by atoms with Crippen LogP contribution in [0.15, 0.2) is 0 Å². The third kappa shape index (κ3) is 2.20. The van der Waals surface area contributed by atoms with Crippen LogP contribution in [0.3, 0.4) is 0 Å². The van der Waals surface area contributed by atoms with E-state index in [1.807, 2.05) is 0 Å². The first-order valence-electron chi connectivity index (χ1n) is 6.81. The van der Waals surface area contributed by atoms with Crippen molar-refractivity contribution in [3.05, 3.63) is 0 Å². The summed E-state index contributed by atoms with van der Waals surface area (Å²) in [5, 5.41) is 0. The Morgan fingerprint density at radius 3 is 2.53 bits per heavy atom. The maximum Gasteiger partial charge on any atom is 0.223 e. The van der Waals surface area contributed by atoms with Crippen LogP contribution < -0.4 is 0 Å². The maximum atomic E-state index is 12.3. The lowest BCUT2D eigenvalue weighted by Gasteiger charge is -2.56. The first kappa shape index (κ1) is 11.5. The van der Waals surface area contributed by atoms with Crippen molar-refractivity contribution >= 4 is 5.91 Å². The molecule has 0 spiro atoms. The molecule has 4 rings (SSSR count). The highest BCUT2D eigenvalue weighted by molar-refractivity contribution is 5.78. The summed E-state index contributed by atoms with van der Waals surface area (Å²) < 4.78 is 5.34. The topological polar surface area (TPSA) is 32.8 Å². The SMILES string of the molecule is CN1CC2CC(C1)N2C(=O)CC1CCOCC1. The minimum absolute atomic E-state index is 0.395. The summed E-state index contributed by atoms with van der Waals surface area (Å²) in [7, 11) is 2.15. The van der Waals surface area contributed by atoms with Crippen LogP contribution in [-0.4, -0.2) is 61.1 Å². The molecule has 0 aromatic heterocycles. The lowest BCUT2D eigenvalue weighted by atomic mass is 9.86. The monoisotopic (exact) mass is 238 g/mol. The fraction of sp³-hybridized carbons (Fsp3) is 0.923. The van der Waals surface area contributed by atoms with E-state index in [0.29, 0.717) is 23.9 Å². The van der Waals surface area contributed by atoms with Crippen LogP contribution in [0.25, 0.3) is 0 Å². The Morgan fingerprint density at radius 1 is 1.24 bits per heavy atom. The number of hydrogen-bond acceptors (Lipinski definition) is 3. The summed E-state index contributed by atoms with van der Waals surface area (Å²) in [4.78, 5) is 16.8. The number of piperazine rings is 1. The molecule has 96 valence electrons. The van der Waals surface area contributed by atoms with Crippen LogP contribution in [-0.2, 0) is 9.53 Å². The molecule has 4 heteroatoms. The molecular formula is C13H22N2O2. The molecule has 1 amide bonds. The standard InChI is InChI=1S/C13H22N2O2/c1-14-8-11-7-12(9-14)15(11)13(16)6-10-2-4-17-5-3-10/h10-12H,2-9H2,1H3. The summed E-state index contributed by atoms with van der Waals surface area (Å²) in [6.07, 6.45) is 4.10. The van der Waals surface area contributed by atoms with Gasteiger partial charge in [-0.25, -0.2) is 0 Å². The normalized spacial score (nSPS) is 34.5. The zero-order valence-corrected chi connectivity index (χ0v) is 10.6. The molecule has 0 aliphatic carbocycles. The number of rotatable bonds is 2. The van der Waals surface area contributed by atoms with Crippen LogP contribution in [0.2, 0.25) is 0 Å². The van der Waals surface area contributed by atoms with Crippen molar-refractivity contribution < 1.29 is 9.53 Å². The van der Waals surface area contributed by atoms with Crippen LogP contribution in [0.5, 0.6) is 0 Å². The summed E-state index contributed by atoms with van der Waals surface area (Å²) in [6.45, 7) is 3.81. The smallest absolute Gasteiger partial charge is 0.223 e. The Bertz CT molecular complexity index is 290. The second-order valence-corrected chi connectivity index (χ2v) is 5.83. The largest absolute Gasteiger partial charge is 0.381 e. The summed E-state index contributed by atoms with van der Waals surface area (Å²) >= 11 is 0. The molecule has 2 bridgehead atoms. The number of hydrogen-bond donors (Lipinski definition) is 0. The zero-order chi connectivity index (χ0) is 11.8. The highest BCUT2D eigenvalue weighted by atomic mass is 16.5. The van der Waals surface area contributed by atoms with Crippen LogP contribution >= 0.6 is 0 Å². The fourth-order valence-electron chi connectivity index (χ4n) is 3.53. The number of likely N-dealkylation sites (N-methyl/N-ethyl adjacent to an activating group) is 1. The highest BCUT2D eigenvalue weighted by Gasteiger charge is 2.46. The molecule has 4 fully saturated rings. The molecule has 0 aromatic carbocycles. The second kappa shape index (κ2) is 4.58. The Morgan fingerprint density at radius 2 is 1.88 bits per heavy atom. The van der Waals surface area contributed by atoms with E-state index in [0.717, 1.165) is 45.6 Å². The lowest BCUT2D eigenvalue weighted by Crippen LogP contribution is -2.69. The summed E-state index contributed by atoms with van der Waals surface area (Å²) in [5.74, 6) is 0.960. The van der Waals surface area contributed by atoms with Crippen LogP contribution in [0.4, 0.5) is 0 Å². The minimum atomic E-state index is 0.395. The van der Waals surface area contributed by atoms with Gasteiger partial charge < -0.3 is 14.5 Å². The van der Waals surface area contributed by atoms with Gasteiger partial charge >= 0.3 is 0 Å². The van der Waals surface area contributed by atoms with E-state index in [-0.39, 0.29) is 0 Å². The van der Waals surface area contributed by atoms with E-state index in [1.165, 1.54) is 6.42 Å². The first-order valence-corrected chi connectivity index (χ1v) is 6.81. The number of ether oxygens (including phenoxy) is 1. The van der Waals surface area contributed by atoms with Gasteiger partial charge in [0.25, 0.3) is 0 Å². The Balaban J connectivity index is 1.53. The molecule has 4 heterocycles. The van der Waals surface area contributed by atoms with E-state index in [1.54, 1.807) is 0 Å². The highest BCUT2D eigenvalue weighted by Crippen LogP contribution is 2.33. The zero-order valence-electron chi connectivity index (χ0n) is 10.6. The van der Waals surface area contributed by atoms with Crippen molar-refractivity contribution in [3.63, 3.8) is 0 Å². The van der Waals surface area contributed by atoms with Gasteiger partial charge in [-0.05, 0) is 32.2 Å². The molecule has 0 radical (unpaired) electrons. The average molecular weight is 238 g/mol. The predicted octanol–water partition coefficient (Wildman–Crippen LogP) is 0.718. The Kier molecular flexibility index (Phi) is 3.09. The number of piperidine rings is 1. The van der Waals surface area contributed by atoms with Gasteiger partial charge in [-0.2, -0.15) is 0 Å². The lowest BCUT2D eigenvalue weighted by molar-refractivity contribution is -0.154. The Labute approximate surface area is 103 Å². The van der Waals surface area contributed by atoms with Crippen molar-refractivity contribution in [2.24, 2.45) is 5.92 Å². The van der Waals surface area contributed by atoms with Crippen molar-refractivity contribution in [2.75, 3.05) is 33.4 Å². The van der Waals surface area contributed by atoms with E-state index < -0.39 is 0 Å². The van der Waals surface area contributed by atoms with Gasteiger partial charge in [0.1, 0.15) is 0 Å². The van der Waals surface area contributed by atoms with Crippen LogP contribution in [0.1, 0.15) is 25.7 Å². The molecule has 0 N–H and O–H groups in total. The number of carbonyl (C=O) groups is 1. The quantitative estimate of drug-likeness (QED) is 0.710. The molecular weight excluding hydrogens is 216 g/mol. The van der Waals surface area contributed by atoms with Gasteiger partial charge in [-0.15, -0.1) is 0 Å². The van der Waals surface area contributed by atoms with Gasteiger partial charge in [0.15, 0.2) is 0 Å². The van der Waals surface area contributed by atoms with E-state index in [2.05, 4.69) is 16.8 Å². The molecule has 4 aliphatic rings. The number of nitrogens with zero attached hydrogens (tertiary/aromatic N) is 2. The molecule has 4 aliphatic heterocycles. The fourth-order valence-corrected chi connectivity index (χ4v) is 3.53. The molecule has 2 unspecified atom stereocenters. The van der Waals surface area contributed by atoms with Crippen LogP contribution in [0, 0.1) is 5.92 Å². The number of carbonyl (C=O) groups excluding carboxylic acids is 1. The van der Waals surface area contributed by atoms with E-state index >= 15 is 0 Å². The van der Waals surface area contributed by atoms with Crippen molar-refractivity contribution in [1.29, 1.82) is 0 Å². The molecule has 2 atom stereocenters. The second-order valence-electron chi connectivity index (χ2n) is 5.83. The average Bonchev–Trinajstić information content (AvgIpc) is 2.29. The van der Waals surface area contributed by atoms with Crippen molar-refractivity contribution in [3.8, 4) is 0 Å².